The van der Waals surface area contributed by atoms with Gasteiger partial charge in [-0.15, -0.1) is 0 Å². The van der Waals surface area contributed by atoms with Crippen molar-refractivity contribution < 1.29 is 23.8 Å². The average molecular weight is 545 g/mol. The lowest BCUT2D eigenvalue weighted by atomic mass is 10.2. The van der Waals surface area contributed by atoms with E-state index in [-0.39, 0.29) is 13.3 Å². The Bertz CT molecular complexity index is 1230. The van der Waals surface area contributed by atoms with Crippen LogP contribution < -0.4 is 25.0 Å². The summed E-state index contributed by atoms with van der Waals surface area (Å²) in [6.45, 7) is 0.291. The fourth-order valence-electron chi connectivity index (χ4n) is 2.97. The first-order valence-electron chi connectivity index (χ1n) is 10.1. The van der Waals surface area contributed by atoms with E-state index in [1.165, 1.54) is 6.21 Å². The highest BCUT2D eigenvalue weighted by molar-refractivity contribution is 9.10. The molecule has 8 nitrogen and oxygen atoms in total. The quantitative estimate of drug-likeness (QED) is 0.326. The minimum Gasteiger partial charge on any atom is -0.488 e. The Morgan fingerprint density at radius 3 is 2.65 bits per heavy atom. The molecule has 0 aromatic heterocycles. The van der Waals surface area contributed by atoms with Crippen LogP contribution in [0.15, 0.2) is 70.2 Å². The van der Waals surface area contributed by atoms with Crippen LogP contribution in [0.2, 0.25) is 5.02 Å². The fourth-order valence-corrected chi connectivity index (χ4v) is 3.61. The summed E-state index contributed by atoms with van der Waals surface area (Å²) in [4.78, 5) is 24.2. The van der Waals surface area contributed by atoms with E-state index in [4.69, 9.17) is 25.8 Å². The van der Waals surface area contributed by atoms with E-state index >= 15 is 0 Å². The zero-order valence-electron chi connectivity index (χ0n) is 17.7. The number of hydrazone groups is 1. The number of carbonyl (C=O) groups excluding carboxylic acids is 2. The number of nitrogens with one attached hydrogen (secondary N) is 2. The highest BCUT2D eigenvalue weighted by Crippen LogP contribution is 2.32. The summed E-state index contributed by atoms with van der Waals surface area (Å²) >= 11 is 9.37. The van der Waals surface area contributed by atoms with Crippen LogP contribution in [0, 0.1) is 0 Å². The number of rotatable bonds is 8. The molecule has 0 saturated heterocycles. The van der Waals surface area contributed by atoms with Crippen LogP contribution in [0.5, 0.6) is 17.2 Å². The maximum atomic E-state index is 12.2. The van der Waals surface area contributed by atoms with Gasteiger partial charge < -0.3 is 19.5 Å². The Morgan fingerprint density at radius 1 is 1.06 bits per heavy atom. The van der Waals surface area contributed by atoms with Crippen LogP contribution in [0.1, 0.15) is 21.5 Å². The van der Waals surface area contributed by atoms with E-state index in [0.29, 0.717) is 34.4 Å². The minimum atomic E-state index is -0.465. The van der Waals surface area contributed by atoms with Crippen molar-refractivity contribution in [3.63, 3.8) is 0 Å². The fraction of sp³-hybridized carbons (Fsp3) is 0.125. The molecule has 0 fully saturated rings. The molecule has 1 heterocycles. The molecule has 10 heteroatoms. The molecule has 4 rings (SSSR count). The van der Waals surface area contributed by atoms with Gasteiger partial charge in [-0.2, -0.15) is 5.10 Å². The number of amides is 2. The smallest absolute Gasteiger partial charge is 0.259 e. The number of fused-ring (bicyclic) bond motifs is 1. The molecule has 3 aromatic rings. The highest BCUT2D eigenvalue weighted by atomic mass is 79.9. The normalized spacial score (nSPS) is 11.9. The van der Waals surface area contributed by atoms with Gasteiger partial charge in [0.05, 0.1) is 17.2 Å². The Labute approximate surface area is 209 Å². The summed E-state index contributed by atoms with van der Waals surface area (Å²) in [5.74, 6) is 0.871. The van der Waals surface area contributed by atoms with Crippen molar-refractivity contribution in [2.45, 2.75) is 6.61 Å². The SMILES string of the molecule is O=C(CNC(=O)c1ccc2c(c1)OCO2)NN=Cc1ccc(OCc2ccc(Cl)cc2)c(Br)c1. The lowest BCUT2D eigenvalue weighted by molar-refractivity contribution is -0.120. The number of carbonyl (C=O) groups is 2. The van der Waals surface area contributed by atoms with Crippen molar-refractivity contribution in [1.82, 2.24) is 10.7 Å². The number of hydrogen-bond acceptors (Lipinski definition) is 6. The zero-order chi connectivity index (χ0) is 23.9. The molecule has 0 bridgehead atoms. The first-order valence-corrected chi connectivity index (χ1v) is 11.3. The Kier molecular flexibility index (Phi) is 7.66. The molecule has 2 N–H and O–H groups in total. The lowest BCUT2D eigenvalue weighted by Gasteiger charge is -2.09. The highest BCUT2D eigenvalue weighted by Gasteiger charge is 2.16. The van der Waals surface area contributed by atoms with Gasteiger partial charge in [-0.05, 0) is 75.6 Å². The molecular formula is C24H19BrClN3O5. The molecule has 0 aliphatic carbocycles. The van der Waals surface area contributed by atoms with E-state index in [1.807, 2.05) is 30.3 Å². The Balaban J connectivity index is 1.23. The van der Waals surface area contributed by atoms with E-state index < -0.39 is 11.8 Å². The molecule has 2 amide bonds. The maximum absolute atomic E-state index is 12.2. The predicted molar refractivity (Wildman–Crippen MR) is 131 cm³/mol. The van der Waals surface area contributed by atoms with Crippen LogP contribution in [-0.4, -0.2) is 31.4 Å². The van der Waals surface area contributed by atoms with Gasteiger partial charge in [-0.25, -0.2) is 5.43 Å². The van der Waals surface area contributed by atoms with E-state index in [2.05, 4.69) is 31.8 Å². The van der Waals surface area contributed by atoms with Gasteiger partial charge >= 0.3 is 0 Å². The molecule has 1 aliphatic heterocycles. The van der Waals surface area contributed by atoms with Crippen molar-refractivity contribution >= 4 is 45.6 Å². The van der Waals surface area contributed by atoms with Crippen molar-refractivity contribution in [2.24, 2.45) is 5.10 Å². The molecule has 1 aliphatic rings. The number of benzene rings is 3. The van der Waals surface area contributed by atoms with Crippen LogP contribution >= 0.6 is 27.5 Å². The number of hydrogen-bond donors (Lipinski definition) is 2. The summed E-state index contributed by atoms with van der Waals surface area (Å²) in [5.41, 5.74) is 4.48. The van der Waals surface area contributed by atoms with Crippen LogP contribution in [0.3, 0.4) is 0 Å². The monoisotopic (exact) mass is 543 g/mol. The second kappa shape index (κ2) is 11.0. The molecule has 3 aromatic carbocycles. The standard InChI is InChI=1S/C24H19BrClN3O5/c25-19-9-16(3-7-20(19)32-13-15-1-5-18(26)6-2-15)11-28-29-23(30)12-27-24(31)17-4-8-21-22(10-17)34-14-33-21/h1-11H,12-14H2,(H,27,31)(H,29,30). The lowest BCUT2D eigenvalue weighted by Crippen LogP contribution is -2.34. The van der Waals surface area contributed by atoms with Gasteiger partial charge in [0.1, 0.15) is 12.4 Å². The molecule has 0 saturated carbocycles. The zero-order valence-corrected chi connectivity index (χ0v) is 20.1. The second-order valence-corrected chi connectivity index (χ2v) is 8.44. The molecule has 0 atom stereocenters. The van der Waals surface area contributed by atoms with Crippen LogP contribution in [-0.2, 0) is 11.4 Å². The molecular weight excluding hydrogens is 526 g/mol. The Hall–Kier alpha value is -3.56. The molecule has 34 heavy (non-hydrogen) atoms. The molecule has 0 radical (unpaired) electrons. The number of ether oxygens (including phenoxy) is 3. The number of halogens is 2. The summed E-state index contributed by atoms with van der Waals surface area (Å²) < 4.78 is 17.0. The summed E-state index contributed by atoms with van der Waals surface area (Å²) in [6, 6.07) is 17.6. The van der Waals surface area contributed by atoms with Gasteiger partial charge in [0.25, 0.3) is 11.8 Å². The van der Waals surface area contributed by atoms with Gasteiger partial charge in [0.2, 0.25) is 6.79 Å². The third kappa shape index (κ3) is 6.27. The minimum absolute atomic E-state index is 0.122. The van der Waals surface area contributed by atoms with Crippen LogP contribution in [0.25, 0.3) is 0 Å². The second-order valence-electron chi connectivity index (χ2n) is 7.15. The van der Waals surface area contributed by atoms with Crippen molar-refractivity contribution in [1.29, 1.82) is 0 Å². The molecule has 174 valence electrons. The Morgan fingerprint density at radius 2 is 1.85 bits per heavy atom. The third-order valence-electron chi connectivity index (χ3n) is 4.71. The summed E-state index contributed by atoms with van der Waals surface area (Å²) in [7, 11) is 0. The first kappa shape index (κ1) is 23.6. The topological polar surface area (TPSA) is 98.3 Å². The molecule has 0 unspecified atom stereocenters. The van der Waals surface area contributed by atoms with Crippen molar-refractivity contribution in [2.75, 3.05) is 13.3 Å². The average Bonchev–Trinajstić information content (AvgIpc) is 3.31. The van der Waals surface area contributed by atoms with E-state index in [9.17, 15) is 9.59 Å². The summed E-state index contributed by atoms with van der Waals surface area (Å²) in [5, 5.41) is 7.13. The van der Waals surface area contributed by atoms with Gasteiger partial charge in [-0.1, -0.05) is 23.7 Å². The third-order valence-corrected chi connectivity index (χ3v) is 5.58. The van der Waals surface area contributed by atoms with Crippen LogP contribution in [0.4, 0.5) is 0 Å². The van der Waals surface area contributed by atoms with Gasteiger partial charge in [0, 0.05) is 10.6 Å². The van der Waals surface area contributed by atoms with Crippen molar-refractivity contribution in [3.8, 4) is 17.2 Å². The van der Waals surface area contributed by atoms with E-state index in [1.54, 1.807) is 30.3 Å². The van der Waals surface area contributed by atoms with Gasteiger partial charge in [-0.3, -0.25) is 9.59 Å². The summed E-state index contributed by atoms with van der Waals surface area (Å²) in [6.07, 6.45) is 1.49. The first-order chi connectivity index (χ1) is 16.5. The van der Waals surface area contributed by atoms with E-state index in [0.717, 1.165) is 15.6 Å². The number of nitrogens with zero attached hydrogens (tertiary/aromatic N) is 1. The largest absolute Gasteiger partial charge is 0.488 e. The molecule has 0 spiro atoms. The van der Waals surface area contributed by atoms with Crippen molar-refractivity contribution in [3.05, 3.63) is 86.8 Å². The predicted octanol–water partition coefficient (Wildman–Crippen LogP) is 4.29. The van der Waals surface area contributed by atoms with Gasteiger partial charge in [0.15, 0.2) is 11.5 Å². The maximum Gasteiger partial charge on any atom is 0.259 e.